The highest BCUT2D eigenvalue weighted by Crippen LogP contribution is 2.18. The highest BCUT2D eigenvalue weighted by atomic mass is 16.1. The second kappa shape index (κ2) is 9.13. The molecule has 0 aliphatic carbocycles. The highest BCUT2D eigenvalue weighted by molar-refractivity contribution is 5.93. The van der Waals surface area contributed by atoms with Crippen LogP contribution < -0.4 is 10.6 Å². The Bertz CT molecular complexity index is 685. The average molecular weight is 341 g/mol. The lowest BCUT2D eigenvalue weighted by Crippen LogP contribution is -2.32. The van der Waals surface area contributed by atoms with Gasteiger partial charge < -0.3 is 15.5 Å². The Morgan fingerprint density at radius 3 is 2.52 bits per heavy atom. The van der Waals surface area contributed by atoms with Gasteiger partial charge in [-0.2, -0.15) is 0 Å². The molecule has 0 atom stereocenters. The van der Waals surface area contributed by atoms with Crippen molar-refractivity contribution in [2.45, 2.75) is 13.8 Å². The lowest BCUT2D eigenvalue weighted by atomic mass is 10.2. The molecule has 1 aromatic carbocycles. The molecule has 0 saturated carbocycles. The molecule has 2 aromatic rings. The standard InChI is InChI=1S/C19H27N5O/c1-14(2)13-21-17-12-16(19(25)20-10-11-24(3)4)22-18(23-17)15-8-6-5-7-9-15/h5-9,12,14H,10-11,13H2,1-4H3,(H,20,25)(H,21,22,23). The average Bonchev–Trinajstić information content (AvgIpc) is 2.60. The molecule has 2 N–H and O–H groups in total. The molecule has 0 saturated heterocycles. The lowest BCUT2D eigenvalue weighted by Gasteiger charge is -2.13. The maximum atomic E-state index is 12.5. The Balaban J connectivity index is 2.24. The molecule has 0 aliphatic heterocycles. The Hall–Kier alpha value is -2.47. The van der Waals surface area contributed by atoms with E-state index >= 15 is 0 Å². The van der Waals surface area contributed by atoms with Gasteiger partial charge in [0.15, 0.2) is 5.82 Å². The summed E-state index contributed by atoms with van der Waals surface area (Å²) in [7, 11) is 3.94. The largest absolute Gasteiger partial charge is 0.370 e. The van der Waals surface area contributed by atoms with E-state index in [9.17, 15) is 4.79 Å². The quantitative estimate of drug-likeness (QED) is 0.772. The maximum Gasteiger partial charge on any atom is 0.270 e. The fourth-order valence-electron chi connectivity index (χ4n) is 2.16. The molecule has 6 heteroatoms. The predicted octanol–water partition coefficient (Wildman–Crippen LogP) is 2.50. The number of amides is 1. The zero-order chi connectivity index (χ0) is 18.2. The summed E-state index contributed by atoms with van der Waals surface area (Å²) in [6.07, 6.45) is 0. The highest BCUT2D eigenvalue weighted by Gasteiger charge is 2.13. The lowest BCUT2D eigenvalue weighted by molar-refractivity contribution is 0.0946. The van der Waals surface area contributed by atoms with E-state index in [1.165, 1.54) is 0 Å². The van der Waals surface area contributed by atoms with Crippen molar-refractivity contribution < 1.29 is 4.79 Å². The first-order chi connectivity index (χ1) is 12.0. The van der Waals surface area contributed by atoms with Gasteiger partial charge in [-0.25, -0.2) is 9.97 Å². The molecule has 1 aromatic heterocycles. The van der Waals surface area contributed by atoms with Crippen LogP contribution in [0.25, 0.3) is 11.4 Å². The maximum absolute atomic E-state index is 12.5. The third-order valence-electron chi connectivity index (χ3n) is 3.53. The van der Waals surface area contributed by atoms with Crippen LogP contribution in [0, 0.1) is 5.92 Å². The number of carbonyl (C=O) groups is 1. The first-order valence-electron chi connectivity index (χ1n) is 8.57. The minimum atomic E-state index is -0.186. The molecular weight excluding hydrogens is 314 g/mol. The van der Waals surface area contributed by atoms with Crippen LogP contribution in [0.3, 0.4) is 0 Å². The number of carbonyl (C=O) groups excluding carboxylic acids is 1. The Morgan fingerprint density at radius 2 is 1.88 bits per heavy atom. The van der Waals surface area contributed by atoms with E-state index in [1.54, 1.807) is 6.07 Å². The SMILES string of the molecule is CC(C)CNc1cc(C(=O)NCCN(C)C)nc(-c2ccccc2)n1. The van der Waals surface area contributed by atoms with Crippen LogP contribution in [-0.2, 0) is 0 Å². The van der Waals surface area contributed by atoms with E-state index in [2.05, 4.69) is 34.4 Å². The van der Waals surface area contributed by atoms with Crippen molar-refractivity contribution in [3.05, 3.63) is 42.1 Å². The minimum absolute atomic E-state index is 0.186. The van der Waals surface area contributed by atoms with Crippen molar-refractivity contribution in [3.63, 3.8) is 0 Å². The van der Waals surface area contributed by atoms with E-state index in [-0.39, 0.29) is 5.91 Å². The first kappa shape index (κ1) is 18.9. The number of benzene rings is 1. The molecule has 2 rings (SSSR count). The molecule has 0 fully saturated rings. The van der Waals surface area contributed by atoms with Gasteiger partial charge in [0.25, 0.3) is 5.91 Å². The molecule has 6 nitrogen and oxygen atoms in total. The van der Waals surface area contributed by atoms with Gasteiger partial charge in [0.05, 0.1) is 0 Å². The zero-order valence-corrected chi connectivity index (χ0v) is 15.4. The summed E-state index contributed by atoms with van der Waals surface area (Å²) in [5, 5.41) is 6.19. The monoisotopic (exact) mass is 341 g/mol. The smallest absolute Gasteiger partial charge is 0.270 e. The van der Waals surface area contributed by atoms with Gasteiger partial charge >= 0.3 is 0 Å². The van der Waals surface area contributed by atoms with Crippen LogP contribution >= 0.6 is 0 Å². The fraction of sp³-hybridized carbons (Fsp3) is 0.421. The summed E-state index contributed by atoms with van der Waals surface area (Å²) in [4.78, 5) is 23.5. The van der Waals surface area contributed by atoms with Gasteiger partial charge in [0.2, 0.25) is 0 Å². The molecule has 25 heavy (non-hydrogen) atoms. The topological polar surface area (TPSA) is 70.2 Å². The molecule has 0 spiro atoms. The third kappa shape index (κ3) is 6.15. The zero-order valence-electron chi connectivity index (χ0n) is 15.4. The second-order valence-corrected chi connectivity index (χ2v) is 6.66. The van der Waals surface area contributed by atoms with Crippen LogP contribution in [-0.4, -0.2) is 54.5 Å². The molecular formula is C19H27N5O. The molecule has 0 aliphatic rings. The van der Waals surface area contributed by atoms with E-state index in [0.29, 0.717) is 29.8 Å². The summed E-state index contributed by atoms with van der Waals surface area (Å²) >= 11 is 0. The number of nitrogens with one attached hydrogen (secondary N) is 2. The van der Waals surface area contributed by atoms with Crippen LogP contribution in [0.1, 0.15) is 24.3 Å². The predicted molar refractivity (Wildman–Crippen MR) is 102 cm³/mol. The van der Waals surface area contributed by atoms with Crippen LogP contribution in [0.15, 0.2) is 36.4 Å². The number of likely N-dealkylation sites (N-methyl/N-ethyl adjacent to an activating group) is 1. The fourth-order valence-corrected chi connectivity index (χ4v) is 2.16. The second-order valence-electron chi connectivity index (χ2n) is 6.66. The van der Waals surface area contributed by atoms with Gasteiger partial charge in [-0.3, -0.25) is 4.79 Å². The number of hydrogen-bond acceptors (Lipinski definition) is 5. The molecule has 134 valence electrons. The van der Waals surface area contributed by atoms with Gasteiger partial charge in [-0.05, 0) is 20.0 Å². The summed E-state index contributed by atoms with van der Waals surface area (Å²) in [6, 6.07) is 11.4. The van der Waals surface area contributed by atoms with Gasteiger partial charge in [0, 0.05) is 31.3 Å². The van der Waals surface area contributed by atoms with Crippen molar-refractivity contribution in [2.75, 3.05) is 39.0 Å². The first-order valence-corrected chi connectivity index (χ1v) is 8.57. The van der Waals surface area contributed by atoms with Crippen molar-refractivity contribution in [3.8, 4) is 11.4 Å². The number of hydrogen-bond donors (Lipinski definition) is 2. The molecule has 0 unspecified atom stereocenters. The number of aromatic nitrogens is 2. The number of nitrogens with zero attached hydrogens (tertiary/aromatic N) is 3. The van der Waals surface area contributed by atoms with E-state index in [1.807, 2.05) is 49.3 Å². The third-order valence-corrected chi connectivity index (χ3v) is 3.53. The van der Waals surface area contributed by atoms with Crippen LogP contribution in [0.2, 0.25) is 0 Å². The van der Waals surface area contributed by atoms with Crippen molar-refractivity contribution >= 4 is 11.7 Å². The van der Waals surface area contributed by atoms with Gasteiger partial charge in [-0.1, -0.05) is 44.2 Å². The summed E-state index contributed by atoms with van der Waals surface area (Å²) in [5.74, 6) is 1.51. The van der Waals surface area contributed by atoms with Gasteiger partial charge in [-0.15, -0.1) is 0 Å². The summed E-state index contributed by atoms with van der Waals surface area (Å²) in [6.45, 7) is 6.39. The van der Waals surface area contributed by atoms with E-state index in [0.717, 1.165) is 18.7 Å². The Morgan fingerprint density at radius 1 is 1.16 bits per heavy atom. The van der Waals surface area contributed by atoms with Crippen LogP contribution in [0.4, 0.5) is 5.82 Å². The summed E-state index contributed by atoms with van der Waals surface area (Å²) < 4.78 is 0. The molecule has 0 bridgehead atoms. The summed E-state index contributed by atoms with van der Waals surface area (Å²) in [5.41, 5.74) is 1.26. The van der Waals surface area contributed by atoms with Crippen molar-refractivity contribution in [1.82, 2.24) is 20.2 Å². The number of anilines is 1. The number of rotatable bonds is 8. The molecule has 1 amide bonds. The van der Waals surface area contributed by atoms with Crippen molar-refractivity contribution in [2.24, 2.45) is 5.92 Å². The van der Waals surface area contributed by atoms with Crippen LogP contribution in [0.5, 0.6) is 0 Å². The van der Waals surface area contributed by atoms with Crippen molar-refractivity contribution in [1.29, 1.82) is 0 Å². The minimum Gasteiger partial charge on any atom is -0.370 e. The van der Waals surface area contributed by atoms with E-state index < -0.39 is 0 Å². The van der Waals surface area contributed by atoms with Gasteiger partial charge in [0.1, 0.15) is 11.5 Å². The Kier molecular flexibility index (Phi) is 6.89. The van der Waals surface area contributed by atoms with E-state index in [4.69, 9.17) is 0 Å². The molecule has 1 heterocycles. The normalized spacial score (nSPS) is 11.0. The Labute approximate surface area is 149 Å². The molecule has 0 radical (unpaired) electrons.